The topological polar surface area (TPSA) is 53.8 Å². The van der Waals surface area contributed by atoms with Gasteiger partial charge in [-0.3, -0.25) is 4.79 Å². The van der Waals surface area contributed by atoms with Gasteiger partial charge in [-0.1, -0.05) is 48.0 Å². The third-order valence-electron chi connectivity index (χ3n) is 3.66. The highest BCUT2D eigenvalue weighted by molar-refractivity contribution is 8.00. The van der Waals surface area contributed by atoms with Crippen molar-refractivity contribution < 1.29 is 4.79 Å². The molecule has 3 aromatic rings. The third kappa shape index (κ3) is 4.36. The minimum absolute atomic E-state index is 0.108. The van der Waals surface area contributed by atoms with Crippen molar-refractivity contribution in [3.05, 3.63) is 70.5 Å². The van der Waals surface area contributed by atoms with Crippen molar-refractivity contribution in [3.8, 4) is 17.3 Å². The molecule has 0 aliphatic carbocycles. The van der Waals surface area contributed by atoms with E-state index in [-0.39, 0.29) is 11.5 Å². The smallest absolute Gasteiger partial charge is 0.167 e. The van der Waals surface area contributed by atoms with Crippen LogP contribution in [-0.4, -0.2) is 16.5 Å². The number of aromatic nitrogens is 1. The Morgan fingerprint density at radius 3 is 2.76 bits per heavy atom. The molecule has 1 aromatic heterocycles. The number of carbonyl (C=O) groups excluding carboxylic acids is 1. The number of benzene rings is 2. The van der Waals surface area contributed by atoms with Crippen LogP contribution in [0.25, 0.3) is 11.3 Å². The number of aryl methyl sites for hydroxylation is 1. The van der Waals surface area contributed by atoms with Crippen molar-refractivity contribution in [2.75, 3.05) is 5.75 Å². The van der Waals surface area contributed by atoms with Gasteiger partial charge in [0.2, 0.25) is 0 Å². The highest BCUT2D eigenvalue weighted by atomic mass is 32.2. The molecule has 3 nitrogen and oxygen atoms in total. The maximum Gasteiger partial charge on any atom is 0.167 e. The predicted octanol–water partition coefficient (Wildman–Crippen LogP) is 5.09. The summed E-state index contributed by atoms with van der Waals surface area (Å²) in [5, 5.41) is 11.9. The molecule has 0 aliphatic heterocycles. The monoisotopic (exact) mass is 364 g/mol. The maximum atomic E-state index is 12.5. The number of hydrogen-bond donors (Lipinski definition) is 0. The molecule has 3 rings (SSSR count). The van der Waals surface area contributed by atoms with Gasteiger partial charge in [-0.15, -0.1) is 23.1 Å². The molecule has 0 radical (unpaired) electrons. The van der Waals surface area contributed by atoms with Gasteiger partial charge in [-0.25, -0.2) is 4.98 Å². The van der Waals surface area contributed by atoms with E-state index in [0.29, 0.717) is 5.01 Å². The molecule has 2 aromatic carbocycles. The Kier molecular flexibility index (Phi) is 5.64. The Hall–Kier alpha value is -2.42. The lowest BCUT2D eigenvalue weighted by atomic mass is 10.1. The van der Waals surface area contributed by atoms with Crippen molar-refractivity contribution in [2.45, 2.75) is 17.7 Å². The first kappa shape index (κ1) is 17.4. The van der Waals surface area contributed by atoms with Gasteiger partial charge >= 0.3 is 0 Å². The second-order valence-electron chi connectivity index (χ2n) is 5.57. The van der Waals surface area contributed by atoms with E-state index in [1.165, 1.54) is 23.1 Å². The Labute approximate surface area is 155 Å². The first-order chi connectivity index (χ1) is 12.2. The maximum absolute atomic E-state index is 12.5. The largest absolute Gasteiger partial charge is 0.297 e. The SMILES string of the molecule is Cc1cccc(SCC(=O)C(C#N)c2nc(-c3ccccc3)cs2)c1. The van der Waals surface area contributed by atoms with E-state index < -0.39 is 5.92 Å². The third-order valence-corrected chi connectivity index (χ3v) is 5.59. The van der Waals surface area contributed by atoms with Crippen LogP contribution in [0.1, 0.15) is 16.5 Å². The molecule has 0 aliphatic rings. The minimum Gasteiger partial charge on any atom is -0.297 e. The zero-order valence-electron chi connectivity index (χ0n) is 13.7. The number of nitriles is 1. The van der Waals surface area contributed by atoms with Gasteiger partial charge in [0.15, 0.2) is 11.7 Å². The second kappa shape index (κ2) is 8.11. The molecule has 1 atom stereocenters. The number of thiazole rings is 1. The van der Waals surface area contributed by atoms with Crippen LogP contribution in [0.3, 0.4) is 0 Å². The Bertz CT molecular complexity index is 913. The minimum atomic E-state index is -0.806. The average molecular weight is 364 g/mol. The van der Waals surface area contributed by atoms with E-state index in [2.05, 4.69) is 11.1 Å². The lowest BCUT2D eigenvalue weighted by Crippen LogP contribution is -2.13. The molecule has 124 valence electrons. The first-order valence-corrected chi connectivity index (χ1v) is 9.66. The molecule has 5 heteroatoms. The van der Waals surface area contributed by atoms with Gasteiger partial charge in [0.05, 0.1) is 17.5 Å². The van der Waals surface area contributed by atoms with Gasteiger partial charge in [-0.2, -0.15) is 5.26 Å². The molecule has 0 fully saturated rings. The van der Waals surface area contributed by atoms with E-state index in [4.69, 9.17) is 0 Å². The summed E-state index contributed by atoms with van der Waals surface area (Å²) in [5.74, 6) is -0.648. The summed E-state index contributed by atoms with van der Waals surface area (Å²) in [6.07, 6.45) is 0. The van der Waals surface area contributed by atoms with E-state index in [0.717, 1.165) is 21.7 Å². The van der Waals surface area contributed by atoms with Crippen LogP contribution in [0, 0.1) is 18.3 Å². The molecule has 25 heavy (non-hydrogen) atoms. The van der Waals surface area contributed by atoms with Gasteiger partial charge in [-0.05, 0) is 19.1 Å². The zero-order chi connectivity index (χ0) is 17.6. The van der Waals surface area contributed by atoms with Crippen LogP contribution < -0.4 is 0 Å². The fourth-order valence-corrected chi connectivity index (χ4v) is 4.18. The Morgan fingerprint density at radius 1 is 1.24 bits per heavy atom. The normalized spacial score (nSPS) is 11.7. The highest BCUT2D eigenvalue weighted by Gasteiger charge is 2.23. The summed E-state index contributed by atoms with van der Waals surface area (Å²) in [7, 11) is 0. The van der Waals surface area contributed by atoms with Crippen LogP contribution in [0.15, 0.2) is 64.9 Å². The fourth-order valence-electron chi connectivity index (χ4n) is 2.37. The number of hydrogen-bond acceptors (Lipinski definition) is 5. The lowest BCUT2D eigenvalue weighted by Gasteiger charge is -2.06. The molecule has 0 spiro atoms. The fraction of sp³-hybridized carbons (Fsp3) is 0.150. The quantitative estimate of drug-likeness (QED) is 0.572. The highest BCUT2D eigenvalue weighted by Crippen LogP contribution is 2.28. The van der Waals surface area contributed by atoms with E-state index in [9.17, 15) is 10.1 Å². The molecule has 1 unspecified atom stereocenters. The van der Waals surface area contributed by atoms with E-state index in [1.807, 2.05) is 66.9 Å². The van der Waals surface area contributed by atoms with Crippen LogP contribution in [0.2, 0.25) is 0 Å². The van der Waals surface area contributed by atoms with Crippen molar-refractivity contribution in [1.29, 1.82) is 5.26 Å². The van der Waals surface area contributed by atoms with Gasteiger partial charge in [0.25, 0.3) is 0 Å². The number of nitrogens with zero attached hydrogens (tertiary/aromatic N) is 2. The van der Waals surface area contributed by atoms with Gasteiger partial charge in [0, 0.05) is 15.8 Å². The predicted molar refractivity (Wildman–Crippen MR) is 103 cm³/mol. The van der Waals surface area contributed by atoms with Crippen molar-refractivity contribution >= 4 is 28.9 Å². The number of ketones is 1. The molecule has 0 saturated heterocycles. The molecule has 0 bridgehead atoms. The molecule has 0 amide bonds. The molecular formula is C20H16N2OS2. The summed E-state index contributed by atoms with van der Waals surface area (Å²) in [4.78, 5) is 18.0. The Balaban J connectivity index is 1.71. The summed E-state index contributed by atoms with van der Waals surface area (Å²) >= 11 is 2.83. The lowest BCUT2D eigenvalue weighted by molar-refractivity contribution is -0.116. The summed E-state index contributed by atoms with van der Waals surface area (Å²) < 4.78 is 0. The van der Waals surface area contributed by atoms with Crippen LogP contribution in [-0.2, 0) is 4.79 Å². The summed E-state index contributed by atoms with van der Waals surface area (Å²) in [6, 6.07) is 19.9. The van der Waals surface area contributed by atoms with Crippen molar-refractivity contribution in [1.82, 2.24) is 4.98 Å². The Morgan fingerprint density at radius 2 is 2.04 bits per heavy atom. The van der Waals surface area contributed by atoms with Crippen LogP contribution in [0.5, 0.6) is 0 Å². The number of thioether (sulfide) groups is 1. The zero-order valence-corrected chi connectivity index (χ0v) is 15.3. The summed E-state index contributed by atoms with van der Waals surface area (Å²) in [5.41, 5.74) is 2.95. The van der Waals surface area contributed by atoms with E-state index in [1.54, 1.807) is 0 Å². The molecule has 1 heterocycles. The summed E-state index contributed by atoms with van der Waals surface area (Å²) in [6.45, 7) is 2.02. The van der Waals surface area contributed by atoms with Crippen molar-refractivity contribution in [2.24, 2.45) is 0 Å². The van der Waals surface area contributed by atoms with Gasteiger partial charge in [0.1, 0.15) is 5.01 Å². The number of carbonyl (C=O) groups is 1. The van der Waals surface area contributed by atoms with Gasteiger partial charge < -0.3 is 0 Å². The second-order valence-corrected chi connectivity index (χ2v) is 7.51. The van der Waals surface area contributed by atoms with E-state index >= 15 is 0 Å². The average Bonchev–Trinajstić information content (AvgIpc) is 3.11. The standard InChI is InChI=1S/C20H16N2OS2/c1-14-6-5-9-16(10-14)24-13-19(23)17(11-21)20-22-18(12-25-20)15-7-3-2-4-8-15/h2-10,12,17H,13H2,1H3. The molecule has 0 saturated carbocycles. The van der Waals surface area contributed by atoms with Crippen LogP contribution in [0.4, 0.5) is 0 Å². The molecular weight excluding hydrogens is 348 g/mol. The number of Topliss-reactive ketones (excluding diaryl/α,β-unsaturated/α-hetero) is 1. The van der Waals surface area contributed by atoms with Crippen LogP contribution >= 0.6 is 23.1 Å². The number of rotatable bonds is 6. The first-order valence-electron chi connectivity index (χ1n) is 7.80. The molecule has 0 N–H and O–H groups in total. The van der Waals surface area contributed by atoms with Crippen molar-refractivity contribution in [3.63, 3.8) is 0 Å².